The number of nitrogens with one attached hydrogen (secondary N) is 1. The molecule has 146 valence electrons. The van der Waals surface area contributed by atoms with E-state index >= 15 is 0 Å². The number of aromatic nitrogens is 1. The molecule has 0 bridgehead atoms. The molecule has 1 saturated heterocycles. The molecule has 1 aromatic carbocycles. The highest BCUT2D eigenvalue weighted by molar-refractivity contribution is 6.14. The molecule has 7 heteroatoms. The summed E-state index contributed by atoms with van der Waals surface area (Å²) in [6, 6.07) is 8.69. The van der Waals surface area contributed by atoms with Crippen LogP contribution < -0.4 is 5.32 Å². The summed E-state index contributed by atoms with van der Waals surface area (Å²) in [5.41, 5.74) is 4.19. The van der Waals surface area contributed by atoms with Crippen LogP contribution in [-0.4, -0.2) is 41.0 Å². The largest absolute Gasteiger partial charge is 0.465 e. The Bertz CT molecular complexity index is 988. The van der Waals surface area contributed by atoms with Gasteiger partial charge >= 0.3 is 12.0 Å². The third kappa shape index (κ3) is 3.43. The fraction of sp³-hybridized carbons (Fsp3) is 0.286. The van der Waals surface area contributed by atoms with Gasteiger partial charge in [0.1, 0.15) is 5.70 Å². The van der Waals surface area contributed by atoms with Crippen molar-refractivity contribution in [3.63, 3.8) is 0 Å². The Labute approximate surface area is 163 Å². The standard InChI is InChI=1S/C21H23N3O4/c1-5-9-23-19(25)18(22-21(23)27)12-16-10-13(2)24(14(16)3)17-8-6-7-15(11-17)20(26)28-4/h6-8,10-12H,5,9H2,1-4H3,(H,22,27)/b18-12+. The molecular weight excluding hydrogens is 358 g/mol. The van der Waals surface area contributed by atoms with Crippen molar-refractivity contribution >= 4 is 24.0 Å². The van der Waals surface area contributed by atoms with Crippen molar-refractivity contribution in [1.82, 2.24) is 14.8 Å². The molecule has 3 rings (SSSR count). The molecule has 7 nitrogen and oxygen atoms in total. The van der Waals surface area contributed by atoms with Crippen molar-refractivity contribution < 1.29 is 19.1 Å². The van der Waals surface area contributed by atoms with Gasteiger partial charge in [-0.3, -0.25) is 9.69 Å². The second-order valence-electron chi connectivity index (χ2n) is 6.65. The monoisotopic (exact) mass is 381 g/mol. The van der Waals surface area contributed by atoms with Crippen LogP contribution in [0.3, 0.4) is 0 Å². The maximum Gasteiger partial charge on any atom is 0.337 e. The fourth-order valence-electron chi connectivity index (χ4n) is 3.37. The summed E-state index contributed by atoms with van der Waals surface area (Å²) in [5.74, 6) is -0.716. The van der Waals surface area contributed by atoms with Crippen LogP contribution >= 0.6 is 0 Å². The molecule has 0 unspecified atom stereocenters. The van der Waals surface area contributed by atoms with Crippen LogP contribution in [0.4, 0.5) is 4.79 Å². The van der Waals surface area contributed by atoms with Crippen molar-refractivity contribution in [2.75, 3.05) is 13.7 Å². The Morgan fingerprint density at radius 2 is 1.96 bits per heavy atom. The summed E-state index contributed by atoms with van der Waals surface area (Å²) in [6.07, 6.45) is 2.40. The van der Waals surface area contributed by atoms with Gasteiger partial charge in [-0.25, -0.2) is 9.59 Å². The van der Waals surface area contributed by atoms with Crippen LogP contribution in [0.5, 0.6) is 0 Å². The average molecular weight is 381 g/mol. The molecule has 2 heterocycles. The van der Waals surface area contributed by atoms with Gasteiger partial charge in [0, 0.05) is 23.6 Å². The smallest absolute Gasteiger partial charge is 0.337 e. The number of carbonyl (C=O) groups is 3. The van der Waals surface area contributed by atoms with Crippen LogP contribution in [0.1, 0.15) is 40.7 Å². The Morgan fingerprint density at radius 3 is 2.64 bits per heavy atom. The van der Waals surface area contributed by atoms with Crippen molar-refractivity contribution in [2.45, 2.75) is 27.2 Å². The quantitative estimate of drug-likeness (QED) is 0.490. The maximum atomic E-state index is 12.5. The molecule has 0 aliphatic carbocycles. The number of urea groups is 1. The van der Waals surface area contributed by atoms with Crippen molar-refractivity contribution in [3.8, 4) is 5.69 Å². The number of benzene rings is 1. The highest BCUT2D eigenvalue weighted by Crippen LogP contribution is 2.24. The fourth-order valence-corrected chi connectivity index (χ4v) is 3.37. The molecule has 2 aromatic rings. The third-order valence-corrected chi connectivity index (χ3v) is 4.71. The summed E-state index contributed by atoms with van der Waals surface area (Å²) >= 11 is 0. The van der Waals surface area contributed by atoms with E-state index in [9.17, 15) is 14.4 Å². The Hall–Kier alpha value is -3.35. The lowest BCUT2D eigenvalue weighted by Gasteiger charge is -2.11. The summed E-state index contributed by atoms with van der Waals surface area (Å²) in [6.45, 7) is 6.17. The number of methoxy groups -OCH3 is 1. The lowest BCUT2D eigenvalue weighted by atomic mass is 10.2. The molecule has 0 radical (unpaired) electrons. The predicted octanol–water partition coefficient (Wildman–Crippen LogP) is 3.18. The molecule has 1 aliphatic rings. The Balaban J connectivity index is 1.99. The zero-order valence-electron chi connectivity index (χ0n) is 16.4. The zero-order valence-corrected chi connectivity index (χ0v) is 16.4. The van der Waals surface area contributed by atoms with E-state index in [2.05, 4.69) is 5.32 Å². The van der Waals surface area contributed by atoms with E-state index in [0.29, 0.717) is 18.5 Å². The number of hydrogen-bond donors (Lipinski definition) is 1. The number of esters is 1. The molecule has 28 heavy (non-hydrogen) atoms. The van der Waals surface area contributed by atoms with Crippen LogP contribution in [-0.2, 0) is 9.53 Å². The minimum atomic E-state index is -0.401. The molecule has 1 aromatic heterocycles. The molecule has 1 N–H and O–H groups in total. The van der Waals surface area contributed by atoms with Gasteiger partial charge in [-0.1, -0.05) is 13.0 Å². The van der Waals surface area contributed by atoms with Crippen LogP contribution in [0.15, 0.2) is 36.0 Å². The van der Waals surface area contributed by atoms with E-state index in [-0.39, 0.29) is 11.6 Å². The maximum absolute atomic E-state index is 12.5. The highest BCUT2D eigenvalue weighted by Gasteiger charge is 2.32. The third-order valence-electron chi connectivity index (χ3n) is 4.71. The predicted molar refractivity (Wildman–Crippen MR) is 105 cm³/mol. The number of ether oxygens (including phenoxy) is 1. The van der Waals surface area contributed by atoms with E-state index in [0.717, 1.165) is 22.6 Å². The van der Waals surface area contributed by atoms with E-state index in [1.165, 1.54) is 12.0 Å². The molecular formula is C21H23N3O4. The van der Waals surface area contributed by atoms with Crippen LogP contribution in [0, 0.1) is 13.8 Å². The topological polar surface area (TPSA) is 80.6 Å². The first-order valence-electron chi connectivity index (χ1n) is 9.09. The number of nitrogens with zero attached hydrogens (tertiary/aromatic N) is 2. The van der Waals surface area contributed by atoms with Crippen LogP contribution in [0.25, 0.3) is 11.8 Å². The second-order valence-corrected chi connectivity index (χ2v) is 6.65. The van der Waals surface area contributed by atoms with Gasteiger partial charge in [0.15, 0.2) is 0 Å². The average Bonchev–Trinajstić information content (AvgIpc) is 3.11. The molecule has 0 spiro atoms. The number of aryl methyl sites for hydroxylation is 1. The lowest BCUT2D eigenvalue weighted by molar-refractivity contribution is -0.122. The molecule has 3 amide bonds. The van der Waals surface area contributed by atoms with Crippen LogP contribution in [0.2, 0.25) is 0 Å². The van der Waals surface area contributed by atoms with Crippen molar-refractivity contribution in [3.05, 3.63) is 58.5 Å². The van der Waals surface area contributed by atoms with E-state index < -0.39 is 12.0 Å². The summed E-state index contributed by atoms with van der Waals surface area (Å²) in [4.78, 5) is 37.5. The summed E-state index contributed by atoms with van der Waals surface area (Å²) in [7, 11) is 1.35. The normalized spacial score (nSPS) is 15.3. The SMILES string of the molecule is CCCN1C(=O)N/C(=C/c2cc(C)n(-c3cccc(C(=O)OC)c3)c2C)C1=O. The van der Waals surface area contributed by atoms with Crippen molar-refractivity contribution in [2.24, 2.45) is 0 Å². The van der Waals surface area contributed by atoms with E-state index in [4.69, 9.17) is 4.74 Å². The van der Waals surface area contributed by atoms with Gasteiger partial charge < -0.3 is 14.6 Å². The lowest BCUT2D eigenvalue weighted by Crippen LogP contribution is -2.31. The van der Waals surface area contributed by atoms with E-state index in [1.54, 1.807) is 24.3 Å². The first-order valence-corrected chi connectivity index (χ1v) is 9.09. The van der Waals surface area contributed by atoms with Gasteiger partial charge in [-0.05, 0) is 56.2 Å². The first kappa shape index (κ1) is 19.4. The summed E-state index contributed by atoms with van der Waals surface area (Å²) in [5, 5.41) is 2.64. The molecule has 0 saturated carbocycles. The Kier molecular flexibility index (Phi) is 5.35. The van der Waals surface area contributed by atoms with Gasteiger partial charge in [0.05, 0.1) is 12.7 Å². The zero-order chi connectivity index (χ0) is 20.4. The minimum absolute atomic E-state index is 0.266. The summed E-state index contributed by atoms with van der Waals surface area (Å²) < 4.78 is 6.78. The van der Waals surface area contributed by atoms with E-state index in [1.807, 2.05) is 37.5 Å². The Morgan fingerprint density at radius 1 is 1.21 bits per heavy atom. The minimum Gasteiger partial charge on any atom is -0.465 e. The molecule has 1 aliphatic heterocycles. The van der Waals surface area contributed by atoms with Gasteiger partial charge in [0.2, 0.25) is 0 Å². The number of imide groups is 1. The second kappa shape index (κ2) is 7.72. The number of carbonyl (C=O) groups excluding carboxylic acids is 3. The highest BCUT2D eigenvalue weighted by atomic mass is 16.5. The molecule has 1 fully saturated rings. The van der Waals surface area contributed by atoms with Gasteiger partial charge in [-0.2, -0.15) is 0 Å². The van der Waals surface area contributed by atoms with Crippen molar-refractivity contribution in [1.29, 1.82) is 0 Å². The number of hydrogen-bond acceptors (Lipinski definition) is 4. The van der Waals surface area contributed by atoms with Gasteiger partial charge in [-0.15, -0.1) is 0 Å². The first-order chi connectivity index (χ1) is 13.4. The van der Waals surface area contributed by atoms with Gasteiger partial charge in [0.25, 0.3) is 5.91 Å². The number of rotatable bonds is 5. The molecule has 0 atom stereocenters. The number of amides is 3.